The summed E-state index contributed by atoms with van der Waals surface area (Å²) in [4.78, 5) is 38.4. The van der Waals surface area contributed by atoms with Gasteiger partial charge in [-0.05, 0) is 36.8 Å². The molecule has 1 atom stereocenters. The molecular weight excluding hydrogens is 579 g/mol. The van der Waals surface area contributed by atoms with E-state index in [2.05, 4.69) is 15.3 Å². The predicted octanol–water partition coefficient (Wildman–Crippen LogP) is 5.49. The van der Waals surface area contributed by atoms with Gasteiger partial charge >= 0.3 is 6.09 Å². The van der Waals surface area contributed by atoms with Gasteiger partial charge in [0.05, 0.1) is 23.6 Å². The van der Waals surface area contributed by atoms with Gasteiger partial charge in [-0.2, -0.15) is 0 Å². The molecule has 4 heterocycles. The molecule has 2 N–H and O–H groups in total. The van der Waals surface area contributed by atoms with Crippen molar-refractivity contribution in [2.24, 2.45) is 0 Å². The summed E-state index contributed by atoms with van der Waals surface area (Å²) >= 11 is 18.8. The maximum atomic E-state index is 13.5. The molecule has 0 fully saturated rings. The Morgan fingerprint density at radius 2 is 1.88 bits per heavy atom. The quantitative estimate of drug-likeness (QED) is 0.273. The molecule has 1 aliphatic rings. The first kappa shape index (κ1) is 26.1. The summed E-state index contributed by atoms with van der Waals surface area (Å²) in [5.74, 6) is 1.13. The number of hydrogen-bond acceptors (Lipinski definition) is 6. The normalized spacial score (nSPS) is 14.3. The molecule has 0 saturated heterocycles. The summed E-state index contributed by atoms with van der Waals surface area (Å²) in [6, 6.07) is 13.1. The molecule has 0 bridgehead atoms. The number of nitrogens with one attached hydrogen (secondary N) is 1. The van der Waals surface area contributed by atoms with Crippen molar-refractivity contribution < 1.29 is 9.90 Å². The Morgan fingerprint density at radius 3 is 2.58 bits per heavy atom. The van der Waals surface area contributed by atoms with E-state index < -0.39 is 6.09 Å². The maximum absolute atomic E-state index is 13.5. The topological polar surface area (TPSA) is 135 Å². The van der Waals surface area contributed by atoms with Crippen LogP contribution in [0.25, 0.3) is 28.2 Å². The number of imidazole rings is 1. The number of nitrogens with zero attached hydrogens (tertiary/aromatic N) is 7. The molecule has 0 saturated carbocycles. The van der Waals surface area contributed by atoms with Gasteiger partial charge in [0, 0.05) is 41.4 Å². The van der Waals surface area contributed by atoms with Crippen molar-refractivity contribution in [3.63, 3.8) is 0 Å². The molecule has 0 radical (unpaired) electrons. The van der Waals surface area contributed by atoms with Crippen molar-refractivity contribution in [2.75, 3.05) is 11.9 Å². The van der Waals surface area contributed by atoms with Crippen LogP contribution < -0.4 is 10.5 Å². The number of rotatable bonds is 5. The summed E-state index contributed by atoms with van der Waals surface area (Å²) in [6.45, 7) is 0. The second-order valence-corrected chi connectivity index (χ2v) is 10.3. The highest BCUT2D eigenvalue weighted by Crippen LogP contribution is 2.35. The van der Waals surface area contributed by atoms with Crippen LogP contribution in [0.5, 0.6) is 0 Å². The van der Waals surface area contributed by atoms with E-state index in [0.29, 0.717) is 68.6 Å². The first-order chi connectivity index (χ1) is 19.2. The fourth-order valence-electron chi connectivity index (χ4n) is 4.79. The number of amides is 1. The molecule has 0 spiro atoms. The van der Waals surface area contributed by atoms with E-state index in [1.165, 1.54) is 17.8 Å². The third-order valence-electron chi connectivity index (χ3n) is 6.73. The highest BCUT2D eigenvalue weighted by Gasteiger charge is 2.30. The van der Waals surface area contributed by atoms with Crippen molar-refractivity contribution in [1.82, 2.24) is 34.5 Å². The fraction of sp³-hybridized carbons (Fsp3) is 0.154. The lowest BCUT2D eigenvalue weighted by atomic mass is 10.1. The number of aryl methyl sites for hydroxylation is 1. The van der Waals surface area contributed by atoms with Gasteiger partial charge in [0.2, 0.25) is 0 Å². The van der Waals surface area contributed by atoms with Gasteiger partial charge < -0.3 is 10.1 Å². The van der Waals surface area contributed by atoms with Crippen LogP contribution >= 0.6 is 34.8 Å². The Bertz CT molecular complexity index is 1830. The second-order valence-electron chi connectivity index (χ2n) is 9.14. The molecule has 2 aromatic carbocycles. The Hall–Kier alpha value is -4.19. The summed E-state index contributed by atoms with van der Waals surface area (Å²) in [7, 11) is 1.46. The molecule has 3 aromatic heterocycles. The number of anilines is 1. The Labute approximate surface area is 241 Å². The van der Waals surface area contributed by atoms with Gasteiger partial charge in [-0.3, -0.25) is 14.3 Å². The van der Waals surface area contributed by atoms with E-state index in [1.807, 2.05) is 0 Å². The smallest absolute Gasteiger partial charge is 0.411 e. The highest BCUT2D eigenvalue weighted by molar-refractivity contribution is 6.32. The molecular formula is C26H19Cl3N8O3. The molecule has 1 amide bonds. The van der Waals surface area contributed by atoms with Gasteiger partial charge in [-0.25, -0.2) is 19.4 Å². The predicted molar refractivity (Wildman–Crippen MR) is 151 cm³/mol. The standard InChI is InChI=1S/C26H19Cl3N8O3/c1-35(26(39)40)15-5-2-13(3-6-15)23-24(29)32-25(31-23)19-8-9-21-30-17(11-22(38)37(19)21)16-10-14(27)4-7-18(16)36-12-20(28)33-34-36/h2-7,10-12,19H,8-9H2,1H3,(H,31,32)(H,39,40)/t19-/m0/s1. The van der Waals surface area contributed by atoms with Gasteiger partial charge in [0.15, 0.2) is 5.15 Å². The van der Waals surface area contributed by atoms with E-state index in [9.17, 15) is 14.7 Å². The van der Waals surface area contributed by atoms with E-state index in [-0.39, 0.29) is 16.8 Å². The summed E-state index contributed by atoms with van der Waals surface area (Å²) < 4.78 is 3.12. The number of halogens is 3. The van der Waals surface area contributed by atoms with E-state index in [1.54, 1.807) is 53.2 Å². The average Bonchev–Trinajstić information content (AvgIpc) is 3.66. The van der Waals surface area contributed by atoms with Crippen molar-refractivity contribution in [3.05, 3.63) is 92.1 Å². The number of carbonyl (C=O) groups is 1. The zero-order valence-corrected chi connectivity index (χ0v) is 23.0. The third kappa shape index (κ3) is 4.61. The van der Waals surface area contributed by atoms with Crippen LogP contribution in [0, 0.1) is 0 Å². The number of H-pyrrole nitrogens is 1. The molecule has 0 unspecified atom stereocenters. The minimum atomic E-state index is -1.07. The summed E-state index contributed by atoms with van der Waals surface area (Å²) in [5, 5.41) is 18.1. The lowest BCUT2D eigenvalue weighted by molar-refractivity contribution is 0.203. The number of hydrogen-bond donors (Lipinski definition) is 2. The van der Waals surface area contributed by atoms with Crippen LogP contribution in [0.2, 0.25) is 15.3 Å². The lowest BCUT2D eigenvalue weighted by Crippen LogP contribution is -2.25. The minimum absolute atomic E-state index is 0.228. The van der Waals surface area contributed by atoms with Crippen molar-refractivity contribution in [3.8, 4) is 28.2 Å². The SMILES string of the molecule is CN(C(=O)O)c1ccc(-c2nc([C@@H]3CCc4nc(-c5cc(Cl)ccc5-n5cc(Cl)nn5)cc(=O)n43)[nH]c2Cl)cc1. The molecule has 1 aliphatic heterocycles. The van der Waals surface area contributed by atoms with Crippen molar-refractivity contribution >= 4 is 46.6 Å². The average molecular weight is 598 g/mol. The Morgan fingerprint density at radius 1 is 1.10 bits per heavy atom. The number of aromatic nitrogens is 7. The number of fused-ring (bicyclic) bond motifs is 1. The van der Waals surface area contributed by atoms with E-state index in [0.717, 1.165) is 4.90 Å². The number of carboxylic acid groups (broad SMARTS) is 1. The molecule has 11 nitrogen and oxygen atoms in total. The van der Waals surface area contributed by atoms with Crippen LogP contribution in [0.3, 0.4) is 0 Å². The molecule has 5 aromatic rings. The molecule has 6 rings (SSSR count). The second kappa shape index (κ2) is 10.1. The fourth-order valence-corrected chi connectivity index (χ4v) is 5.33. The molecule has 40 heavy (non-hydrogen) atoms. The Balaban J connectivity index is 1.35. The van der Waals surface area contributed by atoms with Crippen LogP contribution in [-0.2, 0) is 6.42 Å². The first-order valence-corrected chi connectivity index (χ1v) is 13.2. The first-order valence-electron chi connectivity index (χ1n) is 12.0. The minimum Gasteiger partial charge on any atom is -0.465 e. The maximum Gasteiger partial charge on any atom is 0.411 e. The monoisotopic (exact) mass is 596 g/mol. The third-order valence-corrected chi connectivity index (χ3v) is 7.42. The number of benzene rings is 2. The van der Waals surface area contributed by atoms with Crippen molar-refractivity contribution in [1.29, 1.82) is 0 Å². The van der Waals surface area contributed by atoms with Gasteiger partial charge in [-0.15, -0.1) is 5.10 Å². The molecule has 202 valence electrons. The number of aromatic amines is 1. The van der Waals surface area contributed by atoms with Crippen molar-refractivity contribution in [2.45, 2.75) is 18.9 Å². The lowest BCUT2D eigenvalue weighted by Gasteiger charge is -2.14. The van der Waals surface area contributed by atoms with Crippen LogP contribution in [0.4, 0.5) is 10.5 Å². The van der Waals surface area contributed by atoms with Crippen LogP contribution in [-0.4, -0.2) is 52.8 Å². The zero-order chi connectivity index (χ0) is 28.1. The highest BCUT2D eigenvalue weighted by atomic mass is 35.5. The van der Waals surface area contributed by atoms with Crippen LogP contribution in [0.15, 0.2) is 59.5 Å². The largest absolute Gasteiger partial charge is 0.465 e. The van der Waals surface area contributed by atoms with Gasteiger partial charge in [-0.1, -0.05) is 52.1 Å². The van der Waals surface area contributed by atoms with E-state index in [4.69, 9.17) is 44.8 Å². The molecule has 14 heteroatoms. The molecule has 0 aliphatic carbocycles. The van der Waals surface area contributed by atoms with Crippen LogP contribution in [0.1, 0.15) is 24.1 Å². The van der Waals surface area contributed by atoms with E-state index >= 15 is 0 Å². The zero-order valence-electron chi connectivity index (χ0n) is 20.7. The summed E-state index contributed by atoms with van der Waals surface area (Å²) in [6.07, 6.45) is 1.63. The summed E-state index contributed by atoms with van der Waals surface area (Å²) in [5.41, 5.74) is 3.15. The van der Waals surface area contributed by atoms with Gasteiger partial charge in [0.25, 0.3) is 5.56 Å². The van der Waals surface area contributed by atoms with Gasteiger partial charge in [0.1, 0.15) is 22.5 Å². The Kier molecular flexibility index (Phi) is 6.57.